The summed E-state index contributed by atoms with van der Waals surface area (Å²) in [6, 6.07) is 1.47. The summed E-state index contributed by atoms with van der Waals surface area (Å²) in [6.07, 6.45) is 1.01. The number of aliphatic hydroxyl groups is 1. The van der Waals surface area contributed by atoms with Crippen molar-refractivity contribution >= 4 is 44.1 Å². The first-order valence-corrected chi connectivity index (χ1v) is 9.53. The van der Waals surface area contributed by atoms with Gasteiger partial charge in [-0.2, -0.15) is 0 Å². The number of fused-ring (bicyclic) bond motifs is 1. The predicted molar refractivity (Wildman–Crippen MR) is 91.9 cm³/mol. The molecule has 24 heavy (non-hydrogen) atoms. The topological polar surface area (TPSA) is 98.6 Å². The molecule has 0 saturated carbocycles. The molecule has 1 aromatic carbocycles. The van der Waals surface area contributed by atoms with Crippen LogP contribution in [-0.4, -0.2) is 50.6 Å². The van der Waals surface area contributed by atoms with Gasteiger partial charge in [0.2, 0.25) is 0 Å². The van der Waals surface area contributed by atoms with Gasteiger partial charge in [-0.3, -0.25) is 0 Å². The Morgan fingerprint density at radius 3 is 2.29 bits per heavy atom. The number of aliphatic hydroxyl groups excluding tert-OH is 1. The predicted octanol–water partition coefficient (Wildman–Crippen LogP) is 2.42. The number of methoxy groups -OCH3 is 2. The highest BCUT2D eigenvalue weighted by atomic mass is 35.5. The first-order valence-electron chi connectivity index (χ1n) is 6.81. The summed E-state index contributed by atoms with van der Waals surface area (Å²) in [5.74, 6) is 0.216. The number of rotatable bonds is 6. The number of hydrogen-bond donors (Lipinski definition) is 1. The molecule has 1 heterocycles. The molecule has 0 aliphatic carbocycles. The Labute approximate surface area is 149 Å². The maximum atomic E-state index is 12.2. The van der Waals surface area contributed by atoms with E-state index in [1.807, 2.05) is 0 Å². The zero-order valence-corrected chi connectivity index (χ0v) is 15.5. The number of sulfone groups is 1. The molecule has 1 atom stereocenters. The zero-order valence-electron chi connectivity index (χ0n) is 13.2. The normalized spacial score (nSPS) is 13.1. The minimum atomic E-state index is -3.59. The van der Waals surface area contributed by atoms with Crippen molar-refractivity contribution in [3.05, 3.63) is 21.7 Å². The van der Waals surface area contributed by atoms with Gasteiger partial charge in [0.25, 0.3) is 11.8 Å². The van der Waals surface area contributed by atoms with E-state index < -0.39 is 15.1 Å². The molecule has 1 aromatic heterocycles. The molecule has 0 spiro atoms. The smallest absolute Gasteiger partial charge is 0.278 e. The van der Waals surface area contributed by atoms with E-state index in [9.17, 15) is 13.5 Å². The maximum Gasteiger partial charge on any atom is 0.278 e. The summed E-state index contributed by atoms with van der Waals surface area (Å²) in [5.41, 5.74) is 0.721. The van der Waals surface area contributed by atoms with Gasteiger partial charge in [0, 0.05) is 18.4 Å². The highest BCUT2D eigenvalue weighted by molar-refractivity contribution is 7.90. The monoisotopic (exact) mass is 394 g/mol. The minimum absolute atomic E-state index is 0.0505. The molecule has 0 aliphatic rings. The Kier molecular flexibility index (Phi) is 5.74. The minimum Gasteiger partial charge on any atom is -0.477 e. The SMILES string of the molecule is COc1nc2cc(Cl)c(Cl)c(C(CCO)S(C)(=O)=O)c2nc1OC. The summed E-state index contributed by atoms with van der Waals surface area (Å²) in [6.45, 7) is -0.344. The number of aromatic nitrogens is 2. The van der Waals surface area contributed by atoms with Crippen LogP contribution in [0.3, 0.4) is 0 Å². The lowest BCUT2D eigenvalue weighted by molar-refractivity contribution is 0.286. The van der Waals surface area contributed by atoms with Gasteiger partial charge >= 0.3 is 0 Å². The molecular weight excluding hydrogens is 379 g/mol. The van der Waals surface area contributed by atoms with Gasteiger partial charge in [0.15, 0.2) is 9.84 Å². The lowest BCUT2D eigenvalue weighted by atomic mass is 10.1. The molecule has 0 radical (unpaired) electrons. The van der Waals surface area contributed by atoms with Crippen LogP contribution in [0.4, 0.5) is 0 Å². The number of hydrogen-bond acceptors (Lipinski definition) is 7. The molecule has 2 rings (SSSR count). The molecule has 1 unspecified atom stereocenters. The molecule has 7 nitrogen and oxygen atoms in total. The van der Waals surface area contributed by atoms with E-state index in [1.54, 1.807) is 0 Å². The summed E-state index contributed by atoms with van der Waals surface area (Å²) in [5, 5.41) is 8.36. The first kappa shape index (κ1) is 19.0. The van der Waals surface area contributed by atoms with E-state index in [0.717, 1.165) is 6.26 Å². The highest BCUT2D eigenvalue weighted by Gasteiger charge is 2.30. The molecule has 0 saturated heterocycles. The van der Waals surface area contributed by atoms with Crippen molar-refractivity contribution < 1.29 is 23.0 Å². The van der Waals surface area contributed by atoms with Crippen molar-refractivity contribution in [1.29, 1.82) is 0 Å². The average Bonchev–Trinajstić information content (AvgIpc) is 2.52. The number of ether oxygens (including phenoxy) is 2. The lowest BCUT2D eigenvalue weighted by Crippen LogP contribution is -2.15. The summed E-state index contributed by atoms with van der Waals surface area (Å²) < 4.78 is 34.6. The molecule has 132 valence electrons. The van der Waals surface area contributed by atoms with Crippen molar-refractivity contribution in [2.75, 3.05) is 27.1 Å². The fourth-order valence-electron chi connectivity index (χ4n) is 2.38. The van der Waals surface area contributed by atoms with Gasteiger partial charge < -0.3 is 14.6 Å². The molecule has 0 amide bonds. The maximum absolute atomic E-state index is 12.2. The van der Waals surface area contributed by atoms with Crippen LogP contribution in [0.5, 0.6) is 11.8 Å². The van der Waals surface area contributed by atoms with E-state index in [0.29, 0.717) is 5.52 Å². The highest BCUT2D eigenvalue weighted by Crippen LogP contribution is 2.41. The van der Waals surface area contributed by atoms with Crippen LogP contribution < -0.4 is 9.47 Å². The van der Waals surface area contributed by atoms with Crippen molar-refractivity contribution in [3.8, 4) is 11.8 Å². The van der Waals surface area contributed by atoms with Gasteiger partial charge in [-0.05, 0) is 12.5 Å². The largest absolute Gasteiger partial charge is 0.477 e. The Morgan fingerprint density at radius 1 is 1.21 bits per heavy atom. The number of nitrogens with zero attached hydrogens (tertiary/aromatic N) is 2. The number of benzene rings is 1. The van der Waals surface area contributed by atoms with Crippen LogP contribution >= 0.6 is 23.2 Å². The third-order valence-corrected chi connectivity index (χ3v) is 5.75. The van der Waals surface area contributed by atoms with Crippen LogP contribution in [0.15, 0.2) is 6.07 Å². The van der Waals surface area contributed by atoms with E-state index in [2.05, 4.69) is 9.97 Å². The molecule has 0 aliphatic heterocycles. The van der Waals surface area contributed by atoms with Gasteiger partial charge in [0.05, 0.1) is 40.5 Å². The molecule has 0 fully saturated rings. The van der Waals surface area contributed by atoms with Crippen LogP contribution in [0.1, 0.15) is 17.2 Å². The van der Waals surface area contributed by atoms with Crippen molar-refractivity contribution in [2.45, 2.75) is 11.7 Å². The van der Waals surface area contributed by atoms with Crippen LogP contribution in [-0.2, 0) is 9.84 Å². The fourth-order valence-corrected chi connectivity index (χ4v) is 4.12. The molecule has 0 bridgehead atoms. The van der Waals surface area contributed by atoms with E-state index in [4.69, 9.17) is 32.7 Å². The Hall–Kier alpha value is -1.35. The van der Waals surface area contributed by atoms with Crippen LogP contribution in [0, 0.1) is 0 Å². The quantitative estimate of drug-likeness (QED) is 0.802. The standard InChI is InChI=1S/C14H16Cl2N2O5S/c1-22-13-14(23-2)18-12-8(17-13)6-7(15)11(16)10(12)9(4-5-19)24(3,20)21/h6,9,19H,4-5H2,1-3H3. The summed E-state index contributed by atoms with van der Waals surface area (Å²) in [7, 11) is -0.798. The van der Waals surface area contributed by atoms with Crippen molar-refractivity contribution in [3.63, 3.8) is 0 Å². The molecular formula is C14H16Cl2N2O5S. The van der Waals surface area contributed by atoms with Gasteiger partial charge in [-0.25, -0.2) is 18.4 Å². The van der Waals surface area contributed by atoms with Gasteiger partial charge in [-0.1, -0.05) is 23.2 Å². The second kappa shape index (κ2) is 7.26. The van der Waals surface area contributed by atoms with Gasteiger partial charge in [-0.15, -0.1) is 0 Å². The Balaban J connectivity index is 2.91. The lowest BCUT2D eigenvalue weighted by Gasteiger charge is -2.19. The van der Waals surface area contributed by atoms with E-state index >= 15 is 0 Å². The summed E-state index contributed by atoms with van der Waals surface area (Å²) >= 11 is 12.4. The van der Waals surface area contributed by atoms with Crippen LogP contribution in [0.2, 0.25) is 10.0 Å². The summed E-state index contributed by atoms with van der Waals surface area (Å²) in [4.78, 5) is 8.53. The first-order chi connectivity index (χ1) is 11.2. The fraction of sp³-hybridized carbons (Fsp3) is 0.429. The Bertz CT molecular complexity index is 873. The molecule has 1 N–H and O–H groups in total. The van der Waals surface area contributed by atoms with Crippen molar-refractivity contribution in [2.24, 2.45) is 0 Å². The molecule has 2 aromatic rings. The zero-order chi connectivity index (χ0) is 18.1. The Morgan fingerprint density at radius 2 is 1.79 bits per heavy atom. The third kappa shape index (κ3) is 3.51. The van der Waals surface area contributed by atoms with Crippen LogP contribution in [0.25, 0.3) is 11.0 Å². The average molecular weight is 395 g/mol. The van der Waals surface area contributed by atoms with Gasteiger partial charge in [0.1, 0.15) is 0 Å². The second-order valence-electron chi connectivity index (χ2n) is 5.03. The molecule has 10 heteroatoms. The number of halogens is 2. The van der Waals surface area contributed by atoms with E-state index in [1.165, 1.54) is 20.3 Å². The third-order valence-electron chi connectivity index (χ3n) is 3.44. The second-order valence-corrected chi connectivity index (χ2v) is 8.04. The van der Waals surface area contributed by atoms with Crippen molar-refractivity contribution in [1.82, 2.24) is 9.97 Å². The van der Waals surface area contributed by atoms with E-state index in [-0.39, 0.29) is 45.9 Å².